The van der Waals surface area contributed by atoms with E-state index >= 15 is 0 Å². The van der Waals surface area contributed by atoms with Gasteiger partial charge in [-0.05, 0) is 6.42 Å². The molecule has 0 aliphatic carbocycles. The molecule has 0 aromatic heterocycles. The zero-order valence-electron chi connectivity index (χ0n) is 10.7. The maximum absolute atomic E-state index is 12.1. The highest BCUT2D eigenvalue weighted by Crippen LogP contribution is 2.12. The normalized spacial score (nSPS) is 20.1. The monoisotopic (exact) mass is 287 g/mol. The Morgan fingerprint density at radius 3 is 2.55 bits per heavy atom. The van der Waals surface area contributed by atoms with Crippen molar-refractivity contribution in [3.05, 3.63) is 0 Å². The van der Waals surface area contributed by atoms with E-state index in [0.29, 0.717) is 0 Å². The van der Waals surface area contributed by atoms with E-state index in [4.69, 9.17) is 15.9 Å². The third kappa shape index (κ3) is 4.19. The number of nitrogens with zero attached hydrogens (tertiary/aromatic N) is 1. The van der Waals surface area contributed by atoms with Crippen molar-refractivity contribution in [1.29, 1.82) is 0 Å². The standard InChI is InChI=1S/C11H17N3O6/c12-6(1-2-8(15)16)11(20)14-4-3-13-10(19)7(14)5-9(17)18/h6-7H,1-5,12H2,(H,13,19)(H,15,16)(H,17,18). The molecule has 112 valence electrons. The predicted molar refractivity (Wildman–Crippen MR) is 65.6 cm³/mol. The molecule has 1 saturated heterocycles. The fourth-order valence-electron chi connectivity index (χ4n) is 1.96. The van der Waals surface area contributed by atoms with Gasteiger partial charge in [0.2, 0.25) is 11.8 Å². The van der Waals surface area contributed by atoms with Gasteiger partial charge < -0.3 is 26.2 Å². The highest BCUT2D eigenvalue weighted by molar-refractivity contribution is 5.93. The van der Waals surface area contributed by atoms with E-state index in [1.807, 2.05) is 0 Å². The summed E-state index contributed by atoms with van der Waals surface area (Å²) in [6.07, 6.45) is -0.841. The van der Waals surface area contributed by atoms with Crippen molar-refractivity contribution in [1.82, 2.24) is 10.2 Å². The van der Waals surface area contributed by atoms with Gasteiger partial charge in [0.25, 0.3) is 0 Å². The lowest BCUT2D eigenvalue weighted by Gasteiger charge is -2.35. The Hall–Kier alpha value is -2.16. The Bertz CT molecular complexity index is 424. The number of carboxylic acids is 2. The molecule has 20 heavy (non-hydrogen) atoms. The number of rotatable bonds is 6. The minimum absolute atomic E-state index is 0.0634. The summed E-state index contributed by atoms with van der Waals surface area (Å²) in [5, 5.41) is 19.8. The molecule has 1 heterocycles. The topological polar surface area (TPSA) is 150 Å². The second-order valence-corrected chi connectivity index (χ2v) is 4.48. The van der Waals surface area contributed by atoms with Crippen LogP contribution in [0.3, 0.4) is 0 Å². The number of nitrogens with one attached hydrogen (secondary N) is 1. The number of hydrogen-bond acceptors (Lipinski definition) is 5. The molecule has 1 rings (SSSR count). The molecule has 9 heteroatoms. The van der Waals surface area contributed by atoms with Gasteiger partial charge in [0.15, 0.2) is 0 Å². The number of piperazine rings is 1. The van der Waals surface area contributed by atoms with Crippen molar-refractivity contribution in [2.75, 3.05) is 13.1 Å². The summed E-state index contributed by atoms with van der Waals surface area (Å²) >= 11 is 0. The number of carboxylic acid groups (broad SMARTS) is 2. The molecule has 0 radical (unpaired) electrons. The highest BCUT2D eigenvalue weighted by atomic mass is 16.4. The quantitative estimate of drug-likeness (QED) is 0.440. The first-order valence-corrected chi connectivity index (χ1v) is 6.10. The lowest BCUT2D eigenvalue weighted by Crippen LogP contribution is -2.60. The Balaban J connectivity index is 2.73. The predicted octanol–water partition coefficient (Wildman–Crippen LogP) is -2.02. The zero-order chi connectivity index (χ0) is 15.3. The average Bonchev–Trinajstić information content (AvgIpc) is 2.37. The molecule has 2 atom stereocenters. The van der Waals surface area contributed by atoms with E-state index in [-0.39, 0.29) is 25.9 Å². The van der Waals surface area contributed by atoms with Gasteiger partial charge in [-0.2, -0.15) is 0 Å². The van der Waals surface area contributed by atoms with Gasteiger partial charge in [-0.3, -0.25) is 19.2 Å². The van der Waals surface area contributed by atoms with E-state index < -0.39 is 42.3 Å². The van der Waals surface area contributed by atoms with Crippen molar-refractivity contribution in [2.24, 2.45) is 5.73 Å². The molecule has 0 spiro atoms. The van der Waals surface area contributed by atoms with E-state index in [9.17, 15) is 19.2 Å². The van der Waals surface area contributed by atoms with E-state index in [0.717, 1.165) is 4.90 Å². The molecule has 0 aromatic carbocycles. The number of carbonyl (C=O) groups excluding carboxylic acids is 2. The maximum atomic E-state index is 12.1. The molecule has 0 bridgehead atoms. The molecule has 9 nitrogen and oxygen atoms in total. The van der Waals surface area contributed by atoms with E-state index in [1.54, 1.807) is 0 Å². The number of hydrogen-bond donors (Lipinski definition) is 4. The third-order valence-corrected chi connectivity index (χ3v) is 2.97. The molecule has 1 aliphatic rings. The van der Waals surface area contributed by atoms with Gasteiger partial charge in [-0.15, -0.1) is 0 Å². The third-order valence-electron chi connectivity index (χ3n) is 2.97. The number of nitrogens with two attached hydrogens (primary N) is 1. The lowest BCUT2D eigenvalue weighted by atomic mass is 10.1. The first-order chi connectivity index (χ1) is 9.32. The average molecular weight is 287 g/mol. The van der Waals surface area contributed by atoms with Gasteiger partial charge in [0, 0.05) is 19.5 Å². The van der Waals surface area contributed by atoms with Crippen molar-refractivity contribution >= 4 is 23.8 Å². The molecule has 2 unspecified atom stereocenters. The van der Waals surface area contributed by atoms with Crippen LogP contribution in [0.15, 0.2) is 0 Å². The Labute approximate surface area is 114 Å². The van der Waals surface area contributed by atoms with Crippen LogP contribution in [0, 0.1) is 0 Å². The fourth-order valence-corrected chi connectivity index (χ4v) is 1.96. The molecule has 5 N–H and O–H groups in total. The number of amides is 2. The first-order valence-electron chi connectivity index (χ1n) is 6.10. The highest BCUT2D eigenvalue weighted by Gasteiger charge is 2.36. The van der Waals surface area contributed by atoms with Crippen LogP contribution in [-0.2, 0) is 19.2 Å². The second kappa shape index (κ2) is 6.85. The summed E-state index contributed by atoms with van der Waals surface area (Å²) in [4.78, 5) is 46.0. The lowest BCUT2D eigenvalue weighted by molar-refractivity contribution is -0.149. The Kier molecular flexibility index (Phi) is 5.44. The SMILES string of the molecule is NC(CCC(=O)O)C(=O)N1CCNC(=O)C1CC(=O)O. The van der Waals surface area contributed by atoms with Crippen molar-refractivity contribution in [2.45, 2.75) is 31.3 Å². The summed E-state index contributed by atoms with van der Waals surface area (Å²) in [6.45, 7) is 0.371. The van der Waals surface area contributed by atoms with E-state index in [1.165, 1.54) is 0 Å². The van der Waals surface area contributed by atoms with Crippen molar-refractivity contribution in [3.8, 4) is 0 Å². The Morgan fingerprint density at radius 1 is 1.35 bits per heavy atom. The van der Waals surface area contributed by atoms with Crippen LogP contribution in [0.4, 0.5) is 0 Å². The van der Waals surface area contributed by atoms with Crippen LogP contribution in [0.2, 0.25) is 0 Å². The summed E-state index contributed by atoms with van der Waals surface area (Å²) < 4.78 is 0. The molecule has 0 aromatic rings. The largest absolute Gasteiger partial charge is 0.481 e. The summed E-state index contributed by atoms with van der Waals surface area (Å²) in [7, 11) is 0. The maximum Gasteiger partial charge on any atom is 0.305 e. The molecule has 1 aliphatic heterocycles. The van der Waals surface area contributed by atoms with Gasteiger partial charge in [0.1, 0.15) is 6.04 Å². The second-order valence-electron chi connectivity index (χ2n) is 4.48. The summed E-state index contributed by atoms with van der Waals surface area (Å²) in [6, 6.07) is -2.17. The number of aliphatic carboxylic acids is 2. The van der Waals surface area contributed by atoms with Crippen LogP contribution in [0.5, 0.6) is 0 Å². The first kappa shape index (κ1) is 15.9. The minimum Gasteiger partial charge on any atom is -0.481 e. The Morgan fingerprint density at radius 2 is 2.00 bits per heavy atom. The van der Waals surface area contributed by atoms with Gasteiger partial charge >= 0.3 is 11.9 Å². The van der Waals surface area contributed by atoms with Gasteiger partial charge in [-0.25, -0.2) is 0 Å². The molecule has 1 fully saturated rings. The van der Waals surface area contributed by atoms with E-state index in [2.05, 4.69) is 5.32 Å². The zero-order valence-corrected chi connectivity index (χ0v) is 10.7. The van der Waals surface area contributed by atoms with Crippen LogP contribution >= 0.6 is 0 Å². The van der Waals surface area contributed by atoms with Crippen molar-refractivity contribution in [3.63, 3.8) is 0 Å². The van der Waals surface area contributed by atoms with Crippen LogP contribution in [0.1, 0.15) is 19.3 Å². The molecule has 0 saturated carbocycles. The number of carbonyl (C=O) groups is 4. The smallest absolute Gasteiger partial charge is 0.305 e. The fraction of sp³-hybridized carbons (Fsp3) is 0.636. The van der Waals surface area contributed by atoms with Crippen molar-refractivity contribution < 1.29 is 29.4 Å². The van der Waals surface area contributed by atoms with Crippen LogP contribution in [-0.4, -0.2) is 64.0 Å². The summed E-state index contributed by atoms with van der Waals surface area (Å²) in [5.74, 6) is -3.43. The summed E-state index contributed by atoms with van der Waals surface area (Å²) in [5.41, 5.74) is 5.60. The van der Waals surface area contributed by atoms with Gasteiger partial charge in [0.05, 0.1) is 12.5 Å². The molecular formula is C11H17N3O6. The van der Waals surface area contributed by atoms with Crippen LogP contribution in [0.25, 0.3) is 0 Å². The molecular weight excluding hydrogens is 270 g/mol. The van der Waals surface area contributed by atoms with Crippen LogP contribution < -0.4 is 11.1 Å². The minimum atomic E-state index is -1.20. The molecule has 2 amide bonds. The van der Waals surface area contributed by atoms with Gasteiger partial charge in [-0.1, -0.05) is 0 Å².